The number of anilines is 1. The fourth-order valence-corrected chi connectivity index (χ4v) is 4.22. The number of nitrogens with zero attached hydrogens (tertiary/aromatic N) is 3. The van der Waals surface area contributed by atoms with Gasteiger partial charge < -0.3 is 14.7 Å². The van der Waals surface area contributed by atoms with Crippen LogP contribution in [-0.4, -0.2) is 47.7 Å². The number of hydrogen-bond donors (Lipinski definition) is 2. The van der Waals surface area contributed by atoms with E-state index in [4.69, 9.17) is 21.3 Å². The third kappa shape index (κ3) is 7.40. The van der Waals surface area contributed by atoms with Crippen molar-refractivity contribution in [2.75, 3.05) is 32.4 Å². The van der Waals surface area contributed by atoms with Gasteiger partial charge in [-0.25, -0.2) is 4.99 Å². The van der Waals surface area contributed by atoms with Gasteiger partial charge >= 0.3 is 0 Å². The monoisotopic (exact) mass is 485 g/mol. The molecule has 0 saturated carbocycles. The number of aliphatic imine (C=N–C) groups is 1. The molecule has 0 atom stereocenters. The lowest BCUT2D eigenvalue weighted by Crippen LogP contribution is -2.31. The van der Waals surface area contributed by atoms with Gasteiger partial charge in [-0.1, -0.05) is 53.2 Å². The van der Waals surface area contributed by atoms with Crippen LogP contribution in [0.25, 0.3) is 0 Å². The highest BCUT2D eigenvalue weighted by atomic mass is 35.5. The lowest BCUT2D eigenvalue weighted by atomic mass is 10.2. The summed E-state index contributed by atoms with van der Waals surface area (Å²) in [7, 11) is 3.19. The molecule has 33 heavy (non-hydrogen) atoms. The number of methoxy groups -OCH3 is 1. The van der Waals surface area contributed by atoms with Gasteiger partial charge in [0, 0.05) is 32.1 Å². The van der Waals surface area contributed by atoms with Gasteiger partial charge in [-0.05, 0) is 55.0 Å². The maximum Gasteiger partial charge on any atom is 0.169 e. The highest BCUT2D eigenvalue weighted by molar-refractivity contribution is 8.13. The van der Waals surface area contributed by atoms with Crippen molar-refractivity contribution < 1.29 is 15.1 Å². The number of halogens is 1. The molecule has 0 aliphatic heterocycles. The molecule has 0 heterocycles. The zero-order valence-electron chi connectivity index (χ0n) is 18.9. The fourth-order valence-electron chi connectivity index (χ4n) is 3.06. The molecule has 3 aromatic rings. The van der Waals surface area contributed by atoms with E-state index in [1.807, 2.05) is 18.2 Å². The van der Waals surface area contributed by atoms with Gasteiger partial charge in [0.25, 0.3) is 0 Å². The minimum Gasteiger partial charge on any atom is -0.508 e. The van der Waals surface area contributed by atoms with E-state index in [2.05, 4.69) is 36.1 Å². The second kappa shape index (κ2) is 12.0. The van der Waals surface area contributed by atoms with Crippen LogP contribution in [0.15, 0.2) is 76.6 Å². The molecule has 0 saturated heterocycles. The van der Waals surface area contributed by atoms with E-state index >= 15 is 0 Å². The van der Waals surface area contributed by atoms with E-state index in [1.165, 1.54) is 12.6 Å². The Kier molecular flexibility index (Phi) is 9.03. The topological polar surface area (TPSA) is 68.5 Å². The Morgan fingerprint density at radius 2 is 1.76 bits per heavy atom. The molecule has 2 N–H and O–H groups in total. The molecule has 174 valence electrons. The van der Waals surface area contributed by atoms with Gasteiger partial charge in [0.2, 0.25) is 0 Å². The summed E-state index contributed by atoms with van der Waals surface area (Å²) in [6.07, 6.45) is 0. The summed E-state index contributed by atoms with van der Waals surface area (Å²) < 4.78 is 5.36. The Bertz CT molecular complexity index is 1070. The molecule has 6 nitrogen and oxygen atoms in total. The van der Waals surface area contributed by atoms with Crippen molar-refractivity contribution in [3.05, 3.63) is 82.9 Å². The minimum atomic E-state index is 0.229. The molecule has 0 aliphatic carbocycles. The summed E-state index contributed by atoms with van der Waals surface area (Å²) in [5, 5.41) is 21.8. The average Bonchev–Trinajstić information content (AvgIpc) is 2.80. The Morgan fingerprint density at radius 3 is 2.39 bits per heavy atom. The third-order valence-electron chi connectivity index (χ3n) is 4.88. The van der Waals surface area contributed by atoms with E-state index in [0.29, 0.717) is 36.1 Å². The highest BCUT2D eigenvalue weighted by Gasteiger charge is 2.16. The van der Waals surface area contributed by atoms with Crippen molar-refractivity contribution in [2.24, 2.45) is 4.99 Å². The van der Waals surface area contributed by atoms with Crippen molar-refractivity contribution in [1.29, 1.82) is 0 Å². The number of hydrogen-bond acceptors (Lipinski definition) is 6. The first-order chi connectivity index (χ1) is 15.9. The largest absolute Gasteiger partial charge is 0.508 e. The fraction of sp³-hybridized carbons (Fsp3) is 0.240. The van der Waals surface area contributed by atoms with Crippen LogP contribution < -0.4 is 5.06 Å². The van der Waals surface area contributed by atoms with Crippen LogP contribution in [0.5, 0.6) is 5.75 Å². The number of aryl methyl sites for hydroxylation is 1. The SMILES string of the molecule is COCCN(Cc1ccc(O)cc1)C(=Nc1ccc(Cl)c(N(C)O)c1)Sc1ccc(C)cc1. The Balaban J connectivity index is 2.01. The van der Waals surface area contributed by atoms with Crippen LogP contribution in [0.2, 0.25) is 5.02 Å². The quantitative estimate of drug-likeness (QED) is 0.174. The number of phenols is 1. The average molecular weight is 486 g/mol. The van der Waals surface area contributed by atoms with Crippen LogP contribution in [0.1, 0.15) is 11.1 Å². The van der Waals surface area contributed by atoms with Gasteiger partial charge in [0.05, 0.1) is 23.0 Å². The molecule has 8 heteroatoms. The third-order valence-corrected chi connectivity index (χ3v) is 6.24. The molecular formula is C25H28ClN3O3S. The number of phenolic OH excluding ortho intramolecular Hbond substituents is 1. The van der Waals surface area contributed by atoms with E-state index in [0.717, 1.165) is 20.7 Å². The van der Waals surface area contributed by atoms with Crippen LogP contribution in [0.4, 0.5) is 11.4 Å². The van der Waals surface area contributed by atoms with E-state index in [-0.39, 0.29) is 5.75 Å². The number of amidine groups is 1. The molecule has 0 amide bonds. The summed E-state index contributed by atoms with van der Waals surface area (Å²) in [4.78, 5) is 8.12. The van der Waals surface area contributed by atoms with Gasteiger partial charge in [0.1, 0.15) is 5.75 Å². The van der Waals surface area contributed by atoms with Crippen molar-refractivity contribution in [3.8, 4) is 5.75 Å². The van der Waals surface area contributed by atoms with E-state index in [9.17, 15) is 10.3 Å². The summed E-state index contributed by atoms with van der Waals surface area (Å²) in [6.45, 7) is 3.79. The second-order valence-electron chi connectivity index (χ2n) is 7.55. The Hall–Kier alpha value is -2.71. The van der Waals surface area contributed by atoms with Crippen LogP contribution in [0.3, 0.4) is 0 Å². The molecule has 3 rings (SSSR count). The summed E-state index contributed by atoms with van der Waals surface area (Å²) in [6, 6.07) is 20.7. The van der Waals surface area contributed by atoms with Crippen molar-refractivity contribution in [1.82, 2.24) is 4.90 Å². The van der Waals surface area contributed by atoms with Crippen LogP contribution in [-0.2, 0) is 11.3 Å². The Labute approximate surface area is 204 Å². The molecule has 0 unspecified atom stereocenters. The molecule has 0 fully saturated rings. The lowest BCUT2D eigenvalue weighted by Gasteiger charge is -2.26. The summed E-state index contributed by atoms with van der Waals surface area (Å²) in [5.41, 5.74) is 3.36. The normalized spacial score (nSPS) is 11.5. The number of benzene rings is 3. The van der Waals surface area contributed by atoms with Crippen molar-refractivity contribution in [3.63, 3.8) is 0 Å². The first kappa shape index (κ1) is 24.9. The zero-order valence-corrected chi connectivity index (χ0v) is 20.5. The first-order valence-corrected chi connectivity index (χ1v) is 11.6. The van der Waals surface area contributed by atoms with Crippen molar-refractivity contribution >= 4 is 39.9 Å². The van der Waals surface area contributed by atoms with Crippen molar-refractivity contribution in [2.45, 2.75) is 18.4 Å². The second-order valence-corrected chi connectivity index (χ2v) is 9.00. The smallest absolute Gasteiger partial charge is 0.169 e. The molecule has 0 bridgehead atoms. The number of ether oxygens (including phenoxy) is 1. The maximum absolute atomic E-state index is 9.91. The first-order valence-electron chi connectivity index (χ1n) is 10.4. The maximum atomic E-state index is 9.91. The lowest BCUT2D eigenvalue weighted by molar-refractivity contribution is 0.175. The Morgan fingerprint density at radius 1 is 1.06 bits per heavy atom. The summed E-state index contributed by atoms with van der Waals surface area (Å²) >= 11 is 7.77. The molecule has 3 aromatic carbocycles. The van der Waals surface area contributed by atoms with Crippen LogP contribution in [0, 0.1) is 6.92 Å². The van der Waals surface area contributed by atoms with E-state index < -0.39 is 0 Å². The predicted molar refractivity (Wildman–Crippen MR) is 136 cm³/mol. The number of hydroxylamine groups is 1. The molecular weight excluding hydrogens is 458 g/mol. The van der Waals surface area contributed by atoms with Gasteiger partial charge in [-0.2, -0.15) is 0 Å². The molecule has 0 aromatic heterocycles. The number of thioether (sulfide) groups is 1. The zero-order chi connectivity index (χ0) is 23.8. The molecule has 0 radical (unpaired) electrons. The molecule has 0 spiro atoms. The summed E-state index contributed by atoms with van der Waals surface area (Å²) in [5.74, 6) is 0.229. The predicted octanol–water partition coefficient (Wildman–Crippen LogP) is 6.11. The standard InChI is InChI=1S/C25H28ClN3O3S/c1-18-4-11-22(12-5-18)33-25(27-20-8-13-23(26)24(16-20)28(2)31)29(14-15-32-3)17-19-6-9-21(30)10-7-19/h4-13,16,30-31H,14-15,17H2,1-3H3. The molecule has 0 aliphatic rings. The highest BCUT2D eigenvalue weighted by Crippen LogP contribution is 2.31. The minimum absolute atomic E-state index is 0.229. The number of aromatic hydroxyl groups is 1. The number of rotatable bonds is 8. The van der Waals surface area contributed by atoms with Gasteiger partial charge in [0.15, 0.2) is 5.17 Å². The van der Waals surface area contributed by atoms with Gasteiger partial charge in [-0.3, -0.25) is 10.3 Å². The van der Waals surface area contributed by atoms with Crippen LogP contribution >= 0.6 is 23.4 Å². The van der Waals surface area contributed by atoms with E-state index in [1.54, 1.807) is 43.1 Å². The van der Waals surface area contributed by atoms with Gasteiger partial charge in [-0.15, -0.1) is 0 Å².